The minimum Gasteiger partial charge on any atom is -0.486 e. The molecule has 1 amide bonds. The molecule has 1 aliphatic heterocycles. The molecule has 3 rings (SSSR count). The van der Waals surface area contributed by atoms with Crippen LogP contribution in [0.5, 0.6) is 5.75 Å². The lowest BCUT2D eigenvalue weighted by Crippen LogP contribution is -2.27. The summed E-state index contributed by atoms with van der Waals surface area (Å²) in [5, 5.41) is 7.07. The zero-order valence-corrected chi connectivity index (χ0v) is 14.7. The molecule has 2 heterocycles. The minimum absolute atomic E-state index is 0.130. The lowest BCUT2D eigenvalue weighted by Gasteiger charge is -2.18. The lowest BCUT2D eigenvalue weighted by atomic mass is 10.0. The summed E-state index contributed by atoms with van der Waals surface area (Å²) in [6.45, 7) is 8.54. The van der Waals surface area contributed by atoms with Gasteiger partial charge in [0.2, 0.25) is 0 Å². The Hall–Kier alpha value is -2.30. The van der Waals surface area contributed by atoms with E-state index >= 15 is 0 Å². The van der Waals surface area contributed by atoms with Crippen LogP contribution in [0.3, 0.4) is 0 Å². The van der Waals surface area contributed by atoms with E-state index in [9.17, 15) is 4.79 Å². The van der Waals surface area contributed by atoms with Gasteiger partial charge in [-0.1, -0.05) is 31.1 Å². The molecule has 0 aliphatic carbocycles. The van der Waals surface area contributed by atoms with Crippen LogP contribution < -0.4 is 10.1 Å². The Kier molecular flexibility index (Phi) is 4.35. The van der Waals surface area contributed by atoms with Crippen molar-refractivity contribution >= 4 is 5.91 Å². The first-order chi connectivity index (χ1) is 11.4. The zero-order chi connectivity index (χ0) is 17.3. The topological polar surface area (TPSA) is 64.4 Å². The molecule has 1 aromatic heterocycles. The smallest absolute Gasteiger partial charge is 0.255 e. The standard InChI is InChI=1S/C19H24N2O3/c1-5-15-14(16(6-2)24-21-15)11-20-18(22)13-9-7-8-12-10-19(3,4)23-17(12)13/h7-9H,5-6,10-11H2,1-4H3,(H,20,22). The minimum atomic E-state index is -0.266. The molecule has 1 aromatic carbocycles. The van der Waals surface area contributed by atoms with Crippen LogP contribution in [0.25, 0.3) is 0 Å². The Morgan fingerprint density at radius 2 is 2.08 bits per heavy atom. The number of nitrogens with one attached hydrogen (secondary N) is 1. The number of benzene rings is 1. The van der Waals surface area contributed by atoms with Crippen molar-refractivity contribution in [3.63, 3.8) is 0 Å². The van der Waals surface area contributed by atoms with Crippen molar-refractivity contribution in [2.45, 2.75) is 59.1 Å². The molecule has 2 aromatic rings. The first-order valence-corrected chi connectivity index (χ1v) is 8.50. The van der Waals surface area contributed by atoms with Gasteiger partial charge in [0.25, 0.3) is 5.91 Å². The molecule has 1 N–H and O–H groups in total. The highest BCUT2D eigenvalue weighted by Crippen LogP contribution is 2.37. The molecule has 24 heavy (non-hydrogen) atoms. The van der Waals surface area contributed by atoms with Crippen LogP contribution in [-0.4, -0.2) is 16.7 Å². The van der Waals surface area contributed by atoms with Crippen molar-refractivity contribution in [1.82, 2.24) is 10.5 Å². The molecule has 5 nitrogen and oxygen atoms in total. The SMILES string of the molecule is CCc1noc(CC)c1CNC(=O)c1cccc2c1OC(C)(C)C2. The monoisotopic (exact) mass is 328 g/mol. The van der Waals surface area contributed by atoms with E-state index in [0.717, 1.165) is 41.8 Å². The number of amides is 1. The Morgan fingerprint density at radius 3 is 2.79 bits per heavy atom. The van der Waals surface area contributed by atoms with E-state index in [1.165, 1.54) is 0 Å². The third kappa shape index (κ3) is 3.03. The van der Waals surface area contributed by atoms with Gasteiger partial charge in [-0.15, -0.1) is 0 Å². The summed E-state index contributed by atoms with van der Waals surface area (Å²) in [5.41, 5.74) is 3.30. The highest BCUT2D eigenvalue weighted by Gasteiger charge is 2.33. The van der Waals surface area contributed by atoms with Crippen molar-refractivity contribution in [2.75, 3.05) is 0 Å². The van der Waals surface area contributed by atoms with Crippen LogP contribution in [0, 0.1) is 0 Å². The summed E-state index contributed by atoms with van der Waals surface area (Å²) in [6, 6.07) is 5.74. The first-order valence-electron chi connectivity index (χ1n) is 8.50. The fourth-order valence-corrected chi connectivity index (χ4v) is 3.20. The zero-order valence-electron chi connectivity index (χ0n) is 14.7. The predicted molar refractivity (Wildman–Crippen MR) is 91.3 cm³/mol. The fourth-order valence-electron chi connectivity index (χ4n) is 3.20. The molecule has 0 spiro atoms. The molecule has 0 unspecified atom stereocenters. The van der Waals surface area contributed by atoms with E-state index in [4.69, 9.17) is 9.26 Å². The van der Waals surface area contributed by atoms with Gasteiger partial charge in [-0.05, 0) is 31.9 Å². The fraction of sp³-hybridized carbons (Fsp3) is 0.474. The largest absolute Gasteiger partial charge is 0.486 e. The maximum Gasteiger partial charge on any atom is 0.255 e. The molecular weight excluding hydrogens is 304 g/mol. The van der Waals surface area contributed by atoms with E-state index in [1.807, 2.05) is 45.9 Å². The number of hydrogen-bond donors (Lipinski definition) is 1. The van der Waals surface area contributed by atoms with Gasteiger partial charge < -0.3 is 14.6 Å². The van der Waals surface area contributed by atoms with Gasteiger partial charge >= 0.3 is 0 Å². The number of fused-ring (bicyclic) bond motifs is 1. The Balaban J connectivity index is 1.78. The predicted octanol–water partition coefficient (Wildman–Crippen LogP) is 3.44. The molecule has 128 valence electrons. The number of aromatic nitrogens is 1. The maximum atomic E-state index is 12.7. The summed E-state index contributed by atoms with van der Waals surface area (Å²) in [4.78, 5) is 12.7. The number of aryl methyl sites for hydroxylation is 2. The summed E-state index contributed by atoms with van der Waals surface area (Å²) < 4.78 is 11.3. The number of nitrogens with zero attached hydrogens (tertiary/aromatic N) is 1. The average Bonchev–Trinajstić information content (AvgIpc) is 3.09. The first kappa shape index (κ1) is 16.6. The van der Waals surface area contributed by atoms with Gasteiger partial charge in [0, 0.05) is 24.9 Å². The van der Waals surface area contributed by atoms with E-state index in [0.29, 0.717) is 17.9 Å². The summed E-state index contributed by atoms with van der Waals surface area (Å²) in [6.07, 6.45) is 2.36. The molecule has 1 aliphatic rings. The number of carbonyl (C=O) groups excluding carboxylic acids is 1. The number of rotatable bonds is 5. The second-order valence-electron chi connectivity index (χ2n) is 6.75. The molecule has 0 fully saturated rings. The number of para-hydroxylation sites is 1. The van der Waals surface area contributed by atoms with Crippen molar-refractivity contribution in [1.29, 1.82) is 0 Å². The van der Waals surface area contributed by atoms with Gasteiger partial charge in [0.1, 0.15) is 17.1 Å². The van der Waals surface area contributed by atoms with Gasteiger partial charge in [0.05, 0.1) is 11.3 Å². The summed E-state index contributed by atoms with van der Waals surface area (Å²) in [7, 11) is 0. The Labute approximate surface area is 142 Å². The van der Waals surface area contributed by atoms with Gasteiger partial charge in [-0.25, -0.2) is 0 Å². The quantitative estimate of drug-likeness (QED) is 0.913. The lowest BCUT2D eigenvalue weighted by molar-refractivity contribution is 0.0937. The molecule has 0 atom stereocenters. The van der Waals surface area contributed by atoms with Crippen molar-refractivity contribution in [2.24, 2.45) is 0 Å². The van der Waals surface area contributed by atoms with Crippen molar-refractivity contribution in [3.8, 4) is 5.75 Å². The Morgan fingerprint density at radius 1 is 1.29 bits per heavy atom. The van der Waals surface area contributed by atoms with Crippen molar-refractivity contribution < 1.29 is 14.1 Å². The van der Waals surface area contributed by atoms with Crippen LogP contribution in [0.2, 0.25) is 0 Å². The van der Waals surface area contributed by atoms with Crippen LogP contribution in [0.15, 0.2) is 22.7 Å². The van der Waals surface area contributed by atoms with Crippen LogP contribution >= 0.6 is 0 Å². The van der Waals surface area contributed by atoms with Crippen LogP contribution in [0.1, 0.15) is 60.6 Å². The number of hydrogen-bond acceptors (Lipinski definition) is 4. The van der Waals surface area contributed by atoms with E-state index in [2.05, 4.69) is 10.5 Å². The third-order valence-electron chi connectivity index (χ3n) is 4.37. The average molecular weight is 328 g/mol. The number of ether oxygens (including phenoxy) is 1. The molecule has 5 heteroatoms. The van der Waals surface area contributed by atoms with E-state index in [1.54, 1.807) is 0 Å². The second-order valence-corrected chi connectivity index (χ2v) is 6.75. The number of carbonyl (C=O) groups is 1. The molecule has 0 bridgehead atoms. The van der Waals surface area contributed by atoms with Gasteiger partial charge in [0.15, 0.2) is 0 Å². The molecule has 0 radical (unpaired) electrons. The summed E-state index contributed by atoms with van der Waals surface area (Å²) >= 11 is 0. The van der Waals surface area contributed by atoms with Crippen LogP contribution in [-0.2, 0) is 25.8 Å². The normalized spacial score (nSPS) is 15.0. The molecule has 0 saturated heterocycles. The highest BCUT2D eigenvalue weighted by atomic mass is 16.5. The van der Waals surface area contributed by atoms with Crippen molar-refractivity contribution in [3.05, 3.63) is 46.3 Å². The van der Waals surface area contributed by atoms with Gasteiger partial charge in [-0.2, -0.15) is 0 Å². The van der Waals surface area contributed by atoms with E-state index in [-0.39, 0.29) is 11.5 Å². The molecule has 0 saturated carbocycles. The third-order valence-corrected chi connectivity index (χ3v) is 4.37. The Bertz CT molecular complexity index is 740. The van der Waals surface area contributed by atoms with Gasteiger partial charge in [-0.3, -0.25) is 4.79 Å². The maximum absolute atomic E-state index is 12.7. The summed E-state index contributed by atoms with van der Waals surface area (Å²) in [5.74, 6) is 1.41. The van der Waals surface area contributed by atoms with E-state index < -0.39 is 0 Å². The van der Waals surface area contributed by atoms with Crippen LogP contribution in [0.4, 0.5) is 0 Å². The highest BCUT2D eigenvalue weighted by molar-refractivity contribution is 5.97. The second kappa shape index (κ2) is 6.30. The molecular formula is C19H24N2O3.